The molecule has 1 saturated heterocycles. The molecule has 4 nitrogen and oxygen atoms in total. The van der Waals surface area contributed by atoms with Crippen LogP contribution >= 0.6 is 0 Å². The van der Waals surface area contributed by atoms with E-state index in [2.05, 4.69) is 34.5 Å². The molecule has 21 heavy (non-hydrogen) atoms. The summed E-state index contributed by atoms with van der Waals surface area (Å²) in [4.78, 5) is 14.5. The Labute approximate surface area is 127 Å². The zero-order valence-electron chi connectivity index (χ0n) is 13.1. The molecule has 0 radical (unpaired) electrons. The minimum absolute atomic E-state index is 0.0508. The summed E-state index contributed by atoms with van der Waals surface area (Å²) in [5.74, 6) is 0.108. The van der Waals surface area contributed by atoms with Gasteiger partial charge in [0.05, 0.1) is 12.1 Å². The van der Waals surface area contributed by atoms with Crippen LogP contribution in [0.25, 0.3) is 0 Å². The maximum atomic E-state index is 12.1. The number of hydrogen-bond donors (Lipinski definition) is 2. The van der Waals surface area contributed by atoms with Gasteiger partial charge in [-0.3, -0.25) is 9.69 Å². The lowest BCUT2D eigenvalue weighted by molar-refractivity contribution is -0.123. The van der Waals surface area contributed by atoms with Gasteiger partial charge in [0.1, 0.15) is 0 Å². The van der Waals surface area contributed by atoms with Crippen molar-refractivity contribution in [1.29, 1.82) is 0 Å². The molecule has 0 aliphatic carbocycles. The van der Waals surface area contributed by atoms with Crippen molar-refractivity contribution in [2.75, 3.05) is 19.6 Å². The van der Waals surface area contributed by atoms with Crippen LogP contribution in [0.5, 0.6) is 0 Å². The quantitative estimate of drug-likeness (QED) is 0.841. The van der Waals surface area contributed by atoms with E-state index >= 15 is 0 Å². The summed E-state index contributed by atoms with van der Waals surface area (Å²) in [5.41, 5.74) is 7.17. The highest BCUT2D eigenvalue weighted by molar-refractivity contribution is 5.81. The fraction of sp³-hybridized carbons (Fsp3) is 0.588. The van der Waals surface area contributed by atoms with E-state index in [1.54, 1.807) is 0 Å². The Morgan fingerprint density at radius 1 is 1.24 bits per heavy atom. The largest absolute Gasteiger partial charge is 0.353 e. The third-order valence-corrected chi connectivity index (χ3v) is 4.26. The highest BCUT2D eigenvalue weighted by Crippen LogP contribution is 2.24. The molecule has 0 saturated carbocycles. The molecule has 1 unspecified atom stereocenters. The number of nitrogens with one attached hydrogen (secondary N) is 1. The lowest BCUT2D eigenvalue weighted by Crippen LogP contribution is -2.46. The maximum absolute atomic E-state index is 12.1. The molecule has 3 N–H and O–H groups in total. The molecule has 1 aliphatic rings. The van der Waals surface area contributed by atoms with Crippen molar-refractivity contribution in [3.63, 3.8) is 0 Å². The van der Waals surface area contributed by atoms with Crippen molar-refractivity contribution < 1.29 is 4.79 Å². The van der Waals surface area contributed by atoms with Gasteiger partial charge in [-0.15, -0.1) is 0 Å². The fourth-order valence-corrected chi connectivity index (χ4v) is 2.80. The van der Waals surface area contributed by atoms with Gasteiger partial charge >= 0.3 is 0 Å². The van der Waals surface area contributed by atoms with Crippen LogP contribution in [0.3, 0.4) is 0 Å². The number of likely N-dealkylation sites (tertiary alicyclic amines) is 1. The Hall–Kier alpha value is -1.39. The zero-order chi connectivity index (χ0) is 15.2. The normalized spacial score (nSPS) is 18.7. The molecule has 1 amide bonds. The van der Waals surface area contributed by atoms with Gasteiger partial charge in [0.25, 0.3) is 0 Å². The Morgan fingerprint density at radius 3 is 2.43 bits per heavy atom. The number of carbonyl (C=O) groups excluding carboxylic acids is 1. The molecule has 1 fully saturated rings. The van der Waals surface area contributed by atoms with Gasteiger partial charge in [-0.25, -0.2) is 0 Å². The van der Waals surface area contributed by atoms with E-state index < -0.39 is 6.04 Å². The number of carbonyl (C=O) groups is 1. The van der Waals surface area contributed by atoms with Crippen LogP contribution in [0.4, 0.5) is 0 Å². The van der Waals surface area contributed by atoms with Crippen LogP contribution in [0.1, 0.15) is 38.3 Å². The van der Waals surface area contributed by atoms with Crippen molar-refractivity contribution in [2.24, 2.45) is 11.7 Å². The molecule has 4 heteroatoms. The zero-order valence-corrected chi connectivity index (χ0v) is 13.1. The molecule has 1 aromatic carbocycles. The third-order valence-electron chi connectivity index (χ3n) is 4.26. The molecule has 1 aliphatic heterocycles. The van der Waals surface area contributed by atoms with E-state index in [9.17, 15) is 4.79 Å². The molecule has 0 aromatic heterocycles. The van der Waals surface area contributed by atoms with Gasteiger partial charge in [-0.05, 0) is 37.4 Å². The van der Waals surface area contributed by atoms with Gasteiger partial charge in [0.2, 0.25) is 5.91 Å². The van der Waals surface area contributed by atoms with Crippen LogP contribution in [0.15, 0.2) is 30.3 Å². The Bertz CT molecular complexity index is 441. The molecule has 116 valence electrons. The van der Waals surface area contributed by atoms with Gasteiger partial charge in [0, 0.05) is 6.54 Å². The number of nitrogens with two attached hydrogens (primary N) is 1. The second-order valence-electron chi connectivity index (χ2n) is 6.18. The molecule has 0 spiro atoms. The van der Waals surface area contributed by atoms with Crippen LogP contribution in [0, 0.1) is 5.92 Å². The second-order valence-corrected chi connectivity index (χ2v) is 6.18. The number of benzene rings is 1. The van der Waals surface area contributed by atoms with E-state index in [0.29, 0.717) is 6.54 Å². The van der Waals surface area contributed by atoms with E-state index in [0.717, 1.165) is 13.1 Å². The lowest BCUT2D eigenvalue weighted by atomic mass is 10.0. The number of rotatable bonds is 6. The third kappa shape index (κ3) is 4.29. The monoisotopic (exact) mass is 289 g/mol. The summed E-state index contributed by atoms with van der Waals surface area (Å²) in [5, 5.41) is 3.03. The Balaban J connectivity index is 2.01. The number of hydrogen-bond acceptors (Lipinski definition) is 3. The molecule has 0 bridgehead atoms. The first kappa shape index (κ1) is 16.0. The molecule has 2 atom stereocenters. The van der Waals surface area contributed by atoms with Crippen LogP contribution < -0.4 is 11.1 Å². The van der Waals surface area contributed by atoms with Crippen molar-refractivity contribution in [1.82, 2.24) is 10.2 Å². The predicted molar refractivity (Wildman–Crippen MR) is 85.8 cm³/mol. The van der Waals surface area contributed by atoms with E-state index in [4.69, 9.17) is 5.73 Å². The van der Waals surface area contributed by atoms with E-state index in [-0.39, 0.29) is 17.9 Å². The first-order valence-electron chi connectivity index (χ1n) is 7.92. The summed E-state index contributed by atoms with van der Waals surface area (Å²) < 4.78 is 0. The molecule has 2 rings (SSSR count). The van der Waals surface area contributed by atoms with Crippen LogP contribution in [-0.2, 0) is 4.79 Å². The average Bonchev–Trinajstić information content (AvgIpc) is 3.01. The number of nitrogens with zero attached hydrogens (tertiary/aromatic N) is 1. The predicted octanol–water partition coefficient (Wildman–Crippen LogP) is 1.92. The van der Waals surface area contributed by atoms with Gasteiger partial charge < -0.3 is 11.1 Å². The van der Waals surface area contributed by atoms with Gasteiger partial charge in [-0.1, -0.05) is 44.2 Å². The maximum Gasteiger partial charge on any atom is 0.237 e. The summed E-state index contributed by atoms with van der Waals surface area (Å²) in [7, 11) is 0. The van der Waals surface area contributed by atoms with Crippen LogP contribution in [-0.4, -0.2) is 36.5 Å². The average molecular weight is 289 g/mol. The fourth-order valence-electron chi connectivity index (χ4n) is 2.80. The van der Waals surface area contributed by atoms with E-state index in [1.807, 2.05) is 19.9 Å². The summed E-state index contributed by atoms with van der Waals surface area (Å²) in [6, 6.07) is 10.2. The topological polar surface area (TPSA) is 58.4 Å². The second kappa shape index (κ2) is 7.57. The molecule has 1 aromatic rings. The van der Waals surface area contributed by atoms with Gasteiger partial charge in [0.15, 0.2) is 0 Å². The van der Waals surface area contributed by atoms with E-state index in [1.165, 1.54) is 18.4 Å². The summed E-state index contributed by atoms with van der Waals surface area (Å²) in [6.07, 6.45) is 2.48. The molecular weight excluding hydrogens is 262 g/mol. The summed E-state index contributed by atoms with van der Waals surface area (Å²) >= 11 is 0. The van der Waals surface area contributed by atoms with Gasteiger partial charge in [-0.2, -0.15) is 0 Å². The van der Waals surface area contributed by atoms with Crippen molar-refractivity contribution in [3.05, 3.63) is 35.9 Å². The first-order valence-corrected chi connectivity index (χ1v) is 7.92. The minimum Gasteiger partial charge on any atom is -0.353 e. The number of amides is 1. The smallest absolute Gasteiger partial charge is 0.237 e. The Kier molecular flexibility index (Phi) is 5.76. The van der Waals surface area contributed by atoms with Crippen molar-refractivity contribution >= 4 is 5.91 Å². The summed E-state index contributed by atoms with van der Waals surface area (Å²) in [6.45, 7) is 6.78. The van der Waals surface area contributed by atoms with Crippen molar-refractivity contribution in [3.8, 4) is 0 Å². The first-order chi connectivity index (χ1) is 10.1. The lowest BCUT2D eigenvalue weighted by Gasteiger charge is -2.29. The Morgan fingerprint density at radius 2 is 1.86 bits per heavy atom. The molecular formula is C17H27N3O. The standard InChI is InChI=1S/C17H27N3O/c1-13(2)16(18)17(21)19-12-15(20-10-6-7-11-20)14-8-4-3-5-9-14/h3-5,8-9,13,15-16H,6-7,10-12,18H2,1-2H3,(H,19,21)/t15?,16-/m1/s1. The molecule has 1 heterocycles. The SMILES string of the molecule is CC(C)[C@@H](N)C(=O)NCC(c1ccccc1)N1CCCC1. The minimum atomic E-state index is -0.431. The van der Waals surface area contributed by atoms with Crippen LogP contribution in [0.2, 0.25) is 0 Å². The highest BCUT2D eigenvalue weighted by atomic mass is 16.2. The van der Waals surface area contributed by atoms with Crippen molar-refractivity contribution in [2.45, 2.75) is 38.8 Å². The highest BCUT2D eigenvalue weighted by Gasteiger charge is 2.25.